The van der Waals surface area contributed by atoms with Crippen LogP contribution in [0.3, 0.4) is 0 Å². The van der Waals surface area contributed by atoms with Crippen molar-refractivity contribution in [1.82, 2.24) is 9.97 Å². The number of rotatable bonds is 7. The van der Waals surface area contributed by atoms with Gasteiger partial charge in [-0.3, -0.25) is 0 Å². The molecule has 8 heteroatoms. The first kappa shape index (κ1) is 19.1. The van der Waals surface area contributed by atoms with Gasteiger partial charge in [-0.2, -0.15) is 4.89 Å². The summed E-state index contributed by atoms with van der Waals surface area (Å²) in [6.07, 6.45) is 1.54. The van der Waals surface area contributed by atoms with Crippen molar-refractivity contribution >= 4 is 16.7 Å². The fraction of sp³-hybridized carbons (Fsp3) is 0.333. The summed E-state index contributed by atoms with van der Waals surface area (Å²) in [5.74, 6) is 3.14. The van der Waals surface area contributed by atoms with E-state index in [1.165, 1.54) is 6.33 Å². The van der Waals surface area contributed by atoms with Gasteiger partial charge in [0.1, 0.15) is 24.3 Å². The van der Waals surface area contributed by atoms with E-state index >= 15 is 0 Å². The molecule has 3 aromatic rings. The second-order valence-electron chi connectivity index (χ2n) is 6.54. The number of anilines is 1. The summed E-state index contributed by atoms with van der Waals surface area (Å²) >= 11 is 0. The van der Waals surface area contributed by atoms with Crippen molar-refractivity contribution in [3.8, 4) is 23.0 Å². The van der Waals surface area contributed by atoms with Gasteiger partial charge in [0.05, 0.1) is 26.7 Å². The first-order valence-corrected chi connectivity index (χ1v) is 9.30. The molecule has 0 radical (unpaired) electrons. The van der Waals surface area contributed by atoms with Crippen LogP contribution in [0.25, 0.3) is 10.9 Å². The maximum atomic E-state index is 5.58. The van der Waals surface area contributed by atoms with Crippen molar-refractivity contribution in [3.05, 3.63) is 41.7 Å². The first-order chi connectivity index (χ1) is 14.2. The van der Waals surface area contributed by atoms with Crippen LogP contribution in [-0.2, 0) is 18.0 Å². The number of hydrogen-bond donors (Lipinski definition) is 0. The summed E-state index contributed by atoms with van der Waals surface area (Å²) in [6.45, 7) is 3.96. The molecule has 1 aliphatic heterocycles. The minimum absolute atomic E-state index is 0.477. The van der Waals surface area contributed by atoms with Crippen LogP contribution < -0.4 is 24.0 Å². The van der Waals surface area contributed by atoms with Crippen LogP contribution in [0, 0.1) is 0 Å². The zero-order valence-electron chi connectivity index (χ0n) is 16.9. The van der Waals surface area contributed by atoms with Gasteiger partial charge in [0.25, 0.3) is 0 Å². The van der Waals surface area contributed by atoms with E-state index in [0.29, 0.717) is 35.9 Å². The number of ether oxygens (including phenoxy) is 3. The molecule has 0 saturated heterocycles. The minimum Gasteiger partial charge on any atom is -0.493 e. The van der Waals surface area contributed by atoms with Gasteiger partial charge in [0.2, 0.25) is 5.75 Å². The lowest BCUT2D eigenvalue weighted by atomic mass is 10.1. The predicted molar refractivity (Wildman–Crippen MR) is 108 cm³/mol. The van der Waals surface area contributed by atoms with E-state index in [0.717, 1.165) is 34.6 Å². The average molecular weight is 397 g/mol. The van der Waals surface area contributed by atoms with Crippen molar-refractivity contribution in [3.63, 3.8) is 0 Å². The smallest absolute Gasteiger partial charge is 0.205 e. The molecule has 29 heavy (non-hydrogen) atoms. The lowest BCUT2D eigenvalue weighted by Crippen LogP contribution is -2.23. The highest BCUT2D eigenvalue weighted by Gasteiger charge is 2.22. The van der Waals surface area contributed by atoms with Crippen LogP contribution in [0.1, 0.15) is 18.1 Å². The topological polar surface area (TPSA) is 75.2 Å². The average Bonchev–Trinajstić information content (AvgIpc) is 3.23. The molecule has 1 aliphatic rings. The summed E-state index contributed by atoms with van der Waals surface area (Å²) in [7, 11) is 4.76. The first-order valence-electron chi connectivity index (χ1n) is 9.30. The summed E-state index contributed by atoms with van der Waals surface area (Å²) in [4.78, 5) is 21.4. The Kier molecular flexibility index (Phi) is 5.26. The van der Waals surface area contributed by atoms with Gasteiger partial charge in [0, 0.05) is 18.7 Å². The third-order valence-electron chi connectivity index (χ3n) is 4.96. The monoisotopic (exact) mass is 397 g/mol. The van der Waals surface area contributed by atoms with Crippen LogP contribution in [-0.4, -0.2) is 37.8 Å². The number of benzene rings is 2. The number of methoxy groups -OCH3 is 3. The zero-order chi connectivity index (χ0) is 20.4. The summed E-state index contributed by atoms with van der Waals surface area (Å²) in [5.41, 5.74) is 2.81. The molecule has 0 spiro atoms. The Balaban J connectivity index is 1.79. The quantitative estimate of drug-likeness (QED) is 0.561. The van der Waals surface area contributed by atoms with Gasteiger partial charge < -0.3 is 24.0 Å². The highest BCUT2D eigenvalue weighted by Crippen LogP contribution is 2.44. The maximum Gasteiger partial charge on any atom is 0.205 e. The molecule has 2 heterocycles. The molecule has 0 fully saturated rings. The lowest BCUT2D eigenvalue weighted by Gasteiger charge is -2.24. The van der Waals surface area contributed by atoms with Crippen molar-refractivity contribution in [2.75, 3.05) is 32.8 Å². The molecule has 0 bridgehead atoms. The van der Waals surface area contributed by atoms with Crippen LogP contribution >= 0.6 is 0 Å². The zero-order valence-corrected chi connectivity index (χ0v) is 16.9. The molecule has 0 aliphatic carbocycles. The highest BCUT2D eigenvalue weighted by atomic mass is 17.2. The fourth-order valence-electron chi connectivity index (χ4n) is 3.51. The van der Waals surface area contributed by atoms with Crippen molar-refractivity contribution in [2.45, 2.75) is 20.1 Å². The lowest BCUT2D eigenvalue weighted by molar-refractivity contribution is -0.194. The number of fused-ring (bicyclic) bond motifs is 2. The van der Waals surface area contributed by atoms with E-state index in [-0.39, 0.29) is 0 Å². The Hall–Kier alpha value is -3.26. The molecule has 0 atom stereocenters. The van der Waals surface area contributed by atoms with E-state index in [9.17, 15) is 0 Å². The van der Waals surface area contributed by atoms with Gasteiger partial charge in [-0.05, 0) is 24.6 Å². The highest BCUT2D eigenvalue weighted by molar-refractivity contribution is 5.97. The molecule has 4 rings (SSSR count). The Morgan fingerprint density at radius 3 is 2.59 bits per heavy atom. The van der Waals surface area contributed by atoms with E-state index in [4.69, 9.17) is 24.0 Å². The van der Waals surface area contributed by atoms with E-state index < -0.39 is 0 Å². The second kappa shape index (κ2) is 8.00. The number of nitrogens with zero attached hydrogens (tertiary/aromatic N) is 3. The van der Waals surface area contributed by atoms with E-state index in [2.05, 4.69) is 27.9 Å². The molecule has 1 aromatic heterocycles. The Morgan fingerprint density at radius 2 is 1.86 bits per heavy atom. The van der Waals surface area contributed by atoms with Gasteiger partial charge in [0.15, 0.2) is 17.2 Å². The molecule has 152 valence electrons. The van der Waals surface area contributed by atoms with Crippen molar-refractivity contribution in [2.24, 2.45) is 0 Å². The van der Waals surface area contributed by atoms with Crippen molar-refractivity contribution < 1.29 is 24.0 Å². The second-order valence-corrected chi connectivity index (χ2v) is 6.54. The molecule has 0 saturated carbocycles. The third-order valence-corrected chi connectivity index (χ3v) is 4.96. The van der Waals surface area contributed by atoms with Crippen LogP contribution in [0.5, 0.6) is 23.0 Å². The minimum atomic E-state index is 0.477. The van der Waals surface area contributed by atoms with Gasteiger partial charge in [-0.1, -0.05) is 12.1 Å². The van der Waals surface area contributed by atoms with E-state index in [1.54, 1.807) is 21.3 Å². The molecule has 8 nitrogen and oxygen atoms in total. The van der Waals surface area contributed by atoms with Crippen LogP contribution in [0.15, 0.2) is 30.6 Å². The molecule has 0 unspecified atom stereocenters. The number of hydrogen-bond acceptors (Lipinski definition) is 8. The van der Waals surface area contributed by atoms with Gasteiger partial charge in [-0.15, -0.1) is 0 Å². The van der Waals surface area contributed by atoms with Crippen molar-refractivity contribution in [1.29, 1.82) is 0 Å². The fourth-order valence-corrected chi connectivity index (χ4v) is 3.51. The van der Waals surface area contributed by atoms with Crippen LogP contribution in [0.4, 0.5) is 5.82 Å². The molecular formula is C21H23N3O5. The van der Waals surface area contributed by atoms with Gasteiger partial charge >= 0.3 is 0 Å². The summed E-state index contributed by atoms with van der Waals surface area (Å²) in [5, 5.41) is 0.824. The standard InChI is InChI=1S/C21H23N3O5/c1-5-24(10-13-6-7-14-11-28-29-16(14)8-13)21-15-9-17(25-2)19(26-3)20(27-4)18(15)22-12-23-21/h6-9,12H,5,10-11H2,1-4H3. The molecule has 0 N–H and O–H groups in total. The normalized spacial score (nSPS) is 12.4. The Morgan fingerprint density at radius 1 is 1.03 bits per heavy atom. The van der Waals surface area contributed by atoms with Crippen LogP contribution in [0.2, 0.25) is 0 Å². The molecule has 2 aromatic carbocycles. The van der Waals surface area contributed by atoms with Gasteiger partial charge in [-0.25, -0.2) is 9.97 Å². The van der Waals surface area contributed by atoms with E-state index in [1.807, 2.05) is 18.2 Å². The number of aromatic nitrogens is 2. The maximum absolute atomic E-state index is 5.58. The summed E-state index contributed by atoms with van der Waals surface area (Å²) < 4.78 is 16.6. The molecular weight excluding hydrogens is 374 g/mol. The third kappa shape index (κ3) is 3.36. The predicted octanol–water partition coefficient (Wildman–Crippen LogP) is 3.51. The largest absolute Gasteiger partial charge is 0.493 e. The Bertz CT molecular complexity index is 1040. The molecule has 0 amide bonds. The summed E-state index contributed by atoms with van der Waals surface area (Å²) in [6, 6.07) is 7.99. The SMILES string of the molecule is CCN(Cc1ccc2c(c1)OOC2)c1ncnc2c(OC)c(OC)c(OC)cc12. The Labute approximate surface area is 168 Å².